The van der Waals surface area contributed by atoms with Crippen LogP contribution < -0.4 is 11.2 Å². The second kappa shape index (κ2) is 6.45. The largest absolute Gasteiger partial charge is 0.384 e. The Morgan fingerprint density at radius 2 is 1.91 bits per heavy atom. The molecule has 0 saturated carbocycles. The van der Waals surface area contributed by atoms with Crippen LogP contribution in [0.15, 0.2) is 71.6 Å². The van der Waals surface area contributed by atoms with Crippen LogP contribution in [-0.4, -0.2) is 15.8 Å². The van der Waals surface area contributed by atoms with E-state index >= 15 is 0 Å². The molecule has 2 aromatic carbocycles. The minimum atomic E-state index is 0.247. The monoisotopic (exact) mass is 302 g/mol. The number of nitrogens with zero attached hydrogens (tertiary/aromatic N) is 4. The second-order valence-corrected chi connectivity index (χ2v) is 4.75. The van der Waals surface area contributed by atoms with Crippen molar-refractivity contribution in [2.45, 2.75) is 0 Å². The van der Waals surface area contributed by atoms with Crippen molar-refractivity contribution in [3.05, 3.63) is 66.5 Å². The SMILES string of the molecule is N#CC(/C=N/Nc1ccccc1)=C(\N)n1cnc2ccccc21. The first-order chi connectivity index (χ1) is 11.3. The van der Waals surface area contributed by atoms with Gasteiger partial charge >= 0.3 is 0 Å². The minimum Gasteiger partial charge on any atom is -0.384 e. The molecule has 0 aliphatic rings. The Bertz CT molecular complexity index is 915. The van der Waals surface area contributed by atoms with Gasteiger partial charge in [-0.25, -0.2) is 4.98 Å². The molecule has 1 aromatic heterocycles. The number of hydrogen-bond donors (Lipinski definition) is 2. The topological polar surface area (TPSA) is 92.0 Å². The predicted octanol–water partition coefficient (Wildman–Crippen LogP) is 2.79. The van der Waals surface area contributed by atoms with Crippen molar-refractivity contribution < 1.29 is 0 Å². The van der Waals surface area contributed by atoms with Crippen molar-refractivity contribution in [2.75, 3.05) is 5.43 Å². The molecule has 6 heteroatoms. The number of hydrogen-bond acceptors (Lipinski definition) is 5. The number of anilines is 1. The number of hydrazone groups is 1. The maximum absolute atomic E-state index is 9.32. The number of fused-ring (bicyclic) bond motifs is 1. The third-order valence-electron chi connectivity index (χ3n) is 3.27. The minimum absolute atomic E-state index is 0.247. The van der Waals surface area contributed by atoms with Gasteiger partial charge in [0.1, 0.15) is 23.8 Å². The van der Waals surface area contributed by atoms with Gasteiger partial charge in [-0.1, -0.05) is 30.3 Å². The quantitative estimate of drug-likeness (QED) is 0.440. The highest BCUT2D eigenvalue weighted by atomic mass is 15.3. The third-order valence-corrected chi connectivity index (χ3v) is 3.27. The van der Waals surface area contributed by atoms with E-state index in [0.717, 1.165) is 16.7 Å². The fourth-order valence-corrected chi connectivity index (χ4v) is 2.12. The molecule has 0 aliphatic carbocycles. The van der Waals surface area contributed by atoms with Gasteiger partial charge in [-0.2, -0.15) is 10.4 Å². The summed E-state index contributed by atoms with van der Waals surface area (Å²) in [6.45, 7) is 0. The van der Waals surface area contributed by atoms with Crippen molar-refractivity contribution in [1.29, 1.82) is 5.26 Å². The summed E-state index contributed by atoms with van der Waals surface area (Å²) in [6.07, 6.45) is 2.99. The van der Waals surface area contributed by atoms with Crippen molar-refractivity contribution in [3.63, 3.8) is 0 Å². The lowest BCUT2D eigenvalue weighted by Gasteiger charge is -2.05. The summed E-state index contributed by atoms with van der Waals surface area (Å²) >= 11 is 0. The van der Waals surface area contributed by atoms with Crippen molar-refractivity contribution in [1.82, 2.24) is 9.55 Å². The average molecular weight is 302 g/mol. The molecule has 0 bridgehead atoms. The lowest BCUT2D eigenvalue weighted by Crippen LogP contribution is -2.09. The maximum atomic E-state index is 9.32. The van der Waals surface area contributed by atoms with Gasteiger partial charge < -0.3 is 5.73 Å². The van der Waals surface area contributed by atoms with Gasteiger partial charge in [-0.3, -0.25) is 9.99 Å². The summed E-state index contributed by atoms with van der Waals surface area (Å²) in [7, 11) is 0. The normalized spacial score (nSPS) is 12.1. The van der Waals surface area contributed by atoms with Crippen LogP contribution in [0.3, 0.4) is 0 Å². The summed E-state index contributed by atoms with van der Waals surface area (Å²) in [5.74, 6) is 0.278. The molecule has 0 unspecified atom stereocenters. The molecule has 0 radical (unpaired) electrons. The van der Waals surface area contributed by atoms with E-state index in [9.17, 15) is 5.26 Å². The Labute approximate surface area is 133 Å². The molecule has 112 valence electrons. The lowest BCUT2D eigenvalue weighted by atomic mass is 10.3. The van der Waals surface area contributed by atoms with Crippen LogP contribution in [-0.2, 0) is 0 Å². The number of allylic oxidation sites excluding steroid dienone is 1. The maximum Gasteiger partial charge on any atom is 0.129 e. The van der Waals surface area contributed by atoms with Crippen molar-refractivity contribution in [3.8, 4) is 6.07 Å². The molecule has 0 spiro atoms. The van der Waals surface area contributed by atoms with Gasteiger partial charge in [-0.15, -0.1) is 0 Å². The van der Waals surface area contributed by atoms with Gasteiger partial charge in [0.05, 0.1) is 22.9 Å². The number of nitriles is 1. The summed E-state index contributed by atoms with van der Waals surface area (Å²) in [4.78, 5) is 4.26. The molecule has 0 atom stereocenters. The molecule has 0 saturated heterocycles. The van der Waals surface area contributed by atoms with E-state index in [1.54, 1.807) is 10.9 Å². The van der Waals surface area contributed by atoms with Crippen LogP contribution >= 0.6 is 0 Å². The summed E-state index contributed by atoms with van der Waals surface area (Å²) < 4.78 is 1.67. The van der Waals surface area contributed by atoms with Crippen LogP contribution in [0.1, 0.15) is 0 Å². The van der Waals surface area contributed by atoms with Crippen molar-refractivity contribution >= 4 is 28.8 Å². The number of aromatic nitrogens is 2. The highest BCUT2D eigenvalue weighted by Gasteiger charge is 2.07. The smallest absolute Gasteiger partial charge is 0.129 e. The van der Waals surface area contributed by atoms with Gasteiger partial charge in [-0.05, 0) is 24.3 Å². The zero-order chi connectivity index (χ0) is 16.1. The number of imidazole rings is 1. The number of nitrogens with two attached hydrogens (primary N) is 1. The first-order valence-corrected chi connectivity index (χ1v) is 6.96. The Kier molecular flexibility index (Phi) is 4.03. The zero-order valence-electron chi connectivity index (χ0n) is 12.2. The lowest BCUT2D eigenvalue weighted by molar-refractivity contribution is 1.09. The number of rotatable bonds is 4. The van der Waals surface area contributed by atoms with Gasteiger partial charge in [0.2, 0.25) is 0 Å². The number of nitrogens with one attached hydrogen (secondary N) is 1. The van der Waals surface area contributed by atoms with Crippen molar-refractivity contribution in [2.24, 2.45) is 10.8 Å². The highest BCUT2D eigenvalue weighted by Crippen LogP contribution is 2.15. The molecule has 1 heterocycles. The van der Waals surface area contributed by atoms with Crippen LogP contribution in [0.4, 0.5) is 5.69 Å². The molecule has 3 aromatic rings. The fraction of sp³-hybridized carbons (Fsp3) is 0. The van der Waals surface area contributed by atoms with E-state index in [1.807, 2.05) is 54.6 Å². The van der Waals surface area contributed by atoms with Gasteiger partial charge in [0, 0.05) is 0 Å². The molecule has 6 nitrogen and oxygen atoms in total. The first kappa shape index (κ1) is 14.4. The van der Waals surface area contributed by atoms with E-state index < -0.39 is 0 Å². The number of benzene rings is 2. The molecule has 0 amide bonds. The summed E-state index contributed by atoms with van der Waals surface area (Å²) in [5, 5.41) is 13.4. The van der Waals surface area contributed by atoms with E-state index in [2.05, 4.69) is 21.6 Å². The third kappa shape index (κ3) is 3.04. The van der Waals surface area contributed by atoms with E-state index in [0.29, 0.717) is 0 Å². The Hall–Kier alpha value is -3.59. The zero-order valence-corrected chi connectivity index (χ0v) is 12.2. The second-order valence-electron chi connectivity index (χ2n) is 4.75. The van der Waals surface area contributed by atoms with E-state index in [4.69, 9.17) is 5.73 Å². The molecular weight excluding hydrogens is 288 g/mol. The average Bonchev–Trinajstić information content (AvgIpc) is 3.03. The predicted molar refractivity (Wildman–Crippen MR) is 91.3 cm³/mol. The molecule has 0 aliphatic heterocycles. The Morgan fingerprint density at radius 1 is 1.17 bits per heavy atom. The van der Waals surface area contributed by atoms with Crippen LogP contribution in [0, 0.1) is 11.3 Å². The van der Waals surface area contributed by atoms with E-state index in [-0.39, 0.29) is 11.4 Å². The Balaban J connectivity index is 1.89. The Morgan fingerprint density at radius 3 is 2.70 bits per heavy atom. The highest BCUT2D eigenvalue weighted by molar-refractivity contribution is 5.93. The first-order valence-electron chi connectivity index (χ1n) is 6.96. The molecule has 3 N–H and O–H groups in total. The standard InChI is InChI=1S/C17H14N6/c18-10-13(11-21-22-14-6-2-1-3-7-14)17(19)23-12-20-15-8-4-5-9-16(15)23/h1-9,11-12,22H,19H2/b17-13-,21-11+. The van der Waals surface area contributed by atoms with Crippen LogP contribution in [0.2, 0.25) is 0 Å². The van der Waals surface area contributed by atoms with E-state index in [1.165, 1.54) is 6.21 Å². The summed E-state index contributed by atoms with van der Waals surface area (Å²) in [6, 6.07) is 19.1. The fourth-order valence-electron chi connectivity index (χ4n) is 2.12. The van der Waals surface area contributed by atoms with Crippen LogP contribution in [0.5, 0.6) is 0 Å². The molecular formula is C17H14N6. The summed E-state index contributed by atoms with van der Waals surface area (Å²) in [5.41, 5.74) is 11.7. The number of para-hydroxylation sites is 3. The molecule has 23 heavy (non-hydrogen) atoms. The molecule has 3 rings (SSSR count). The van der Waals surface area contributed by atoms with Gasteiger partial charge in [0.25, 0.3) is 0 Å². The van der Waals surface area contributed by atoms with Gasteiger partial charge in [0.15, 0.2) is 0 Å². The van der Waals surface area contributed by atoms with Crippen LogP contribution in [0.25, 0.3) is 16.9 Å². The molecule has 0 fully saturated rings.